The highest BCUT2D eigenvalue weighted by molar-refractivity contribution is 7.94. The summed E-state index contributed by atoms with van der Waals surface area (Å²) in [5.41, 5.74) is 0.446. The molecule has 0 bridgehead atoms. The number of anilines is 1. The number of carbonyl (C=O) groups excluding carboxylic acids is 2. The number of rotatable bonds is 8. The number of aliphatic hydroxyl groups is 1. The molecule has 12 heteroatoms. The molecular formula is C33H49N3O7S2. The van der Waals surface area contributed by atoms with Gasteiger partial charge in [0.2, 0.25) is 5.91 Å². The Morgan fingerprint density at radius 2 is 1.87 bits per heavy atom. The van der Waals surface area contributed by atoms with Gasteiger partial charge in [-0.15, -0.1) is 11.3 Å². The van der Waals surface area contributed by atoms with Crippen LogP contribution >= 0.6 is 11.3 Å². The van der Waals surface area contributed by atoms with E-state index in [9.17, 15) is 23.1 Å². The number of sulfonamides is 1. The predicted octanol–water partition coefficient (Wildman–Crippen LogP) is 5.38. The number of aliphatic hydroxyl groups excluding tert-OH is 1. The molecule has 0 spiro atoms. The molecule has 1 fully saturated rings. The van der Waals surface area contributed by atoms with E-state index >= 15 is 0 Å². The van der Waals surface area contributed by atoms with Crippen LogP contribution in [0.4, 0.5) is 5.69 Å². The maximum Gasteiger partial charge on any atom is 0.271 e. The van der Waals surface area contributed by atoms with Crippen molar-refractivity contribution in [1.29, 1.82) is 0 Å². The first-order chi connectivity index (χ1) is 21.5. The molecule has 2 aliphatic rings. The van der Waals surface area contributed by atoms with E-state index in [0.717, 1.165) is 56.3 Å². The number of nitrogens with one attached hydrogen (secondary N) is 1. The molecule has 0 saturated heterocycles. The Balaban J connectivity index is 1.63. The maximum absolute atomic E-state index is 14.3. The first-order valence-corrected chi connectivity index (χ1v) is 18.5. The lowest BCUT2D eigenvalue weighted by atomic mass is 9.88. The Morgan fingerprint density at radius 1 is 1.13 bits per heavy atom. The quantitative estimate of drug-likeness (QED) is 0.388. The van der Waals surface area contributed by atoms with Crippen LogP contribution in [0.1, 0.15) is 82.5 Å². The molecule has 2 amide bonds. The topological polar surface area (TPSA) is 125 Å². The Labute approximate surface area is 272 Å². The molecule has 4 atom stereocenters. The van der Waals surface area contributed by atoms with Crippen molar-refractivity contribution in [2.24, 2.45) is 11.8 Å². The molecule has 10 nitrogen and oxygen atoms in total. The summed E-state index contributed by atoms with van der Waals surface area (Å²) in [6.45, 7) is 6.66. The lowest BCUT2D eigenvalue weighted by Crippen LogP contribution is -2.48. The highest BCUT2D eigenvalue weighted by Crippen LogP contribution is 2.30. The second-order valence-electron chi connectivity index (χ2n) is 12.6. The van der Waals surface area contributed by atoms with E-state index in [0.29, 0.717) is 18.9 Å². The fraction of sp³-hybridized carbons (Fsp3) is 0.636. The zero-order valence-corrected chi connectivity index (χ0v) is 28.6. The van der Waals surface area contributed by atoms with Crippen molar-refractivity contribution in [3.63, 3.8) is 0 Å². The lowest BCUT2D eigenvalue weighted by molar-refractivity contribution is -0.137. The molecule has 2 heterocycles. The monoisotopic (exact) mass is 663 g/mol. The van der Waals surface area contributed by atoms with Crippen molar-refractivity contribution in [3.8, 4) is 5.75 Å². The van der Waals surface area contributed by atoms with Crippen LogP contribution in [0, 0.1) is 11.8 Å². The van der Waals surface area contributed by atoms with Crippen LogP contribution in [0.25, 0.3) is 0 Å². The van der Waals surface area contributed by atoms with Gasteiger partial charge in [0.1, 0.15) is 9.96 Å². The van der Waals surface area contributed by atoms with E-state index < -0.39 is 16.1 Å². The molecule has 0 unspecified atom stereocenters. The first-order valence-electron chi connectivity index (χ1n) is 16.2. The number of fused-ring (bicyclic) bond motifs is 1. The van der Waals surface area contributed by atoms with Crippen molar-refractivity contribution in [2.75, 3.05) is 38.1 Å². The zero-order chi connectivity index (χ0) is 32.6. The molecule has 2 N–H and O–H groups in total. The minimum Gasteiger partial charge on any atom is -0.490 e. The largest absolute Gasteiger partial charge is 0.490 e. The second kappa shape index (κ2) is 16.2. The van der Waals surface area contributed by atoms with Gasteiger partial charge >= 0.3 is 0 Å². The zero-order valence-electron chi connectivity index (χ0n) is 26.9. The van der Waals surface area contributed by atoms with Crippen LogP contribution in [0.2, 0.25) is 0 Å². The van der Waals surface area contributed by atoms with Crippen molar-refractivity contribution in [3.05, 3.63) is 41.3 Å². The van der Waals surface area contributed by atoms with Crippen molar-refractivity contribution in [1.82, 2.24) is 9.80 Å². The van der Waals surface area contributed by atoms with Gasteiger partial charge in [0.25, 0.3) is 15.9 Å². The molecule has 2 aromatic rings. The number of thiophene rings is 1. The fourth-order valence-corrected chi connectivity index (χ4v) is 8.13. The summed E-state index contributed by atoms with van der Waals surface area (Å²) in [6.07, 6.45) is 7.08. The number of nitrogens with zero attached hydrogens (tertiary/aromatic N) is 2. The van der Waals surface area contributed by atoms with Gasteiger partial charge in [-0.2, -0.15) is 0 Å². The summed E-state index contributed by atoms with van der Waals surface area (Å²) >= 11 is 1.10. The normalized spacial score (nSPS) is 23.4. The first kappa shape index (κ1) is 35.2. The van der Waals surface area contributed by atoms with Gasteiger partial charge in [0.05, 0.1) is 30.4 Å². The fourth-order valence-electron chi connectivity index (χ4n) is 6.09. The smallest absolute Gasteiger partial charge is 0.271 e. The molecule has 1 aliphatic heterocycles. The summed E-state index contributed by atoms with van der Waals surface area (Å²) in [4.78, 5) is 31.0. The predicted molar refractivity (Wildman–Crippen MR) is 176 cm³/mol. The van der Waals surface area contributed by atoms with E-state index in [1.807, 2.05) is 20.9 Å². The third kappa shape index (κ3) is 9.43. The van der Waals surface area contributed by atoms with Crippen molar-refractivity contribution < 1.29 is 32.6 Å². The molecule has 1 aromatic carbocycles. The second-order valence-corrected chi connectivity index (χ2v) is 15.5. The van der Waals surface area contributed by atoms with Gasteiger partial charge in [-0.1, -0.05) is 32.3 Å². The average Bonchev–Trinajstić information content (AvgIpc) is 3.59. The van der Waals surface area contributed by atoms with E-state index in [-0.39, 0.29) is 64.5 Å². The van der Waals surface area contributed by atoms with Crippen LogP contribution in [0.3, 0.4) is 0 Å². The Kier molecular flexibility index (Phi) is 12.7. The van der Waals surface area contributed by atoms with Gasteiger partial charge in [-0.05, 0) is 75.6 Å². The minimum absolute atomic E-state index is 0.0504. The summed E-state index contributed by atoms with van der Waals surface area (Å²) in [7, 11) is -2.00. The van der Waals surface area contributed by atoms with Gasteiger partial charge in [0.15, 0.2) is 0 Å². The van der Waals surface area contributed by atoms with E-state index in [2.05, 4.69) is 4.72 Å². The minimum atomic E-state index is -3.84. The highest BCUT2D eigenvalue weighted by Gasteiger charge is 2.32. The van der Waals surface area contributed by atoms with Gasteiger partial charge in [-0.3, -0.25) is 14.3 Å². The SMILES string of the molecule is C[C@@H]1CCCCO[C@@H](CN(C)C(=O)C2CCCCC2)[C@@H](C)CN([C@H](C)CO)C(=O)c2cc(NS(=O)(=O)c3cccs3)ccc2O1. The van der Waals surface area contributed by atoms with Crippen LogP contribution in [0.5, 0.6) is 5.75 Å². The van der Waals surface area contributed by atoms with Gasteiger partial charge in [0, 0.05) is 44.3 Å². The Hall–Kier alpha value is -2.67. The third-order valence-electron chi connectivity index (χ3n) is 8.85. The van der Waals surface area contributed by atoms with Crippen LogP contribution in [-0.4, -0.2) is 86.7 Å². The standard InChI is InChI=1S/C33H49N3O7S2/c1-23-20-36(24(2)22-37)33(39)28-19-27(34-45(40,41)31-14-10-18-44-31)15-16-29(28)43-25(3)11-8-9-17-42-30(23)21-35(4)32(38)26-12-6-5-7-13-26/h10,14-16,18-19,23-26,30,34,37H,5-9,11-13,17,20-22H2,1-4H3/t23-,24+,25+,30-/m0/s1. The molecule has 45 heavy (non-hydrogen) atoms. The summed E-state index contributed by atoms with van der Waals surface area (Å²) in [6, 6.07) is 7.38. The number of amides is 2. The summed E-state index contributed by atoms with van der Waals surface area (Å²) in [5.74, 6) is 0.00651. The van der Waals surface area contributed by atoms with Gasteiger partial charge < -0.3 is 24.4 Å². The number of hydrogen-bond donors (Lipinski definition) is 2. The highest BCUT2D eigenvalue weighted by atomic mass is 32.2. The number of carbonyl (C=O) groups is 2. The molecular weight excluding hydrogens is 615 g/mol. The number of hydrogen-bond acceptors (Lipinski definition) is 8. The van der Waals surface area contributed by atoms with E-state index in [1.54, 1.807) is 40.3 Å². The molecule has 1 saturated carbocycles. The summed E-state index contributed by atoms with van der Waals surface area (Å²) in [5, 5.41) is 11.9. The Bertz CT molecular complexity index is 1360. The van der Waals surface area contributed by atoms with E-state index in [4.69, 9.17) is 9.47 Å². The summed E-state index contributed by atoms with van der Waals surface area (Å²) < 4.78 is 41.4. The van der Waals surface area contributed by atoms with E-state index in [1.165, 1.54) is 18.6 Å². The lowest BCUT2D eigenvalue weighted by Gasteiger charge is -2.36. The molecule has 250 valence electrons. The maximum atomic E-state index is 14.3. The third-order valence-corrected chi connectivity index (χ3v) is 11.6. The van der Waals surface area contributed by atoms with Crippen molar-refractivity contribution in [2.45, 2.75) is 94.6 Å². The Morgan fingerprint density at radius 3 is 2.56 bits per heavy atom. The van der Waals surface area contributed by atoms with Crippen LogP contribution < -0.4 is 9.46 Å². The number of benzene rings is 1. The van der Waals surface area contributed by atoms with Crippen LogP contribution in [-0.2, 0) is 19.6 Å². The number of ether oxygens (including phenoxy) is 2. The van der Waals surface area contributed by atoms with Gasteiger partial charge in [-0.25, -0.2) is 8.42 Å². The van der Waals surface area contributed by atoms with Crippen molar-refractivity contribution >= 4 is 38.9 Å². The van der Waals surface area contributed by atoms with Crippen LogP contribution in [0.15, 0.2) is 39.9 Å². The number of likely N-dealkylation sites (N-methyl/N-ethyl adjacent to an activating group) is 1. The average molecular weight is 664 g/mol. The molecule has 0 radical (unpaired) electrons. The molecule has 1 aromatic heterocycles. The molecule has 1 aliphatic carbocycles. The molecule has 4 rings (SSSR count).